The fourth-order valence-corrected chi connectivity index (χ4v) is 12.7. The minimum Gasteiger partial charge on any atom is -0.271 e. The Morgan fingerprint density at radius 3 is 1.17 bits per heavy atom. The van der Waals surface area contributed by atoms with Gasteiger partial charge in [0.05, 0.1) is 11.1 Å². The third-order valence-electron chi connectivity index (χ3n) is 16.0. The number of unbranched alkanes of at least 4 members (excludes halogenated alkanes) is 12. The maximum absolute atomic E-state index is 15.2. The van der Waals surface area contributed by atoms with Gasteiger partial charge in [0.1, 0.15) is 0 Å². The molecule has 4 aromatic carbocycles. The Bertz CT molecular complexity index is 2080. The molecule has 4 aromatic rings. The molecule has 3 aliphatic carbocycles. The first-order valence-corrected chi connectivity index (χ1v) is 26.1. The van der Waals surface area contributed by atoms with E-state index in [0.29, 0.717) is 11.1 Å². The van der Waals surface area contributed by atoms with Crippen LogP contribution >= 0.6 is 0 Å². The maximum atomic E-state index is 15.2. The number of fused-ring (bicyclic) bond motifs is 6. The van der Waals surface area contributed by atoms with Gasteiger partial charge in [0.2, 0.25) is 0 Å². The molecule has 3 heteroatoms. The van der Waals surface area contributed by atoms with Crippen molar-refractivity contribution in [1.82, 2.24) is 4.90 Å². The molecule has 1 heterocycles. The first-order chi connectivity index (χ1) is 30.9. The summed E-state index contributed by atoms with van der Waals surface area (Å²) < 4.78 is 0. The van der Waals surface area contributed by atoms with Gasteiger partial charge in [-0.3, -0.25) is 14.5 Å². The van der Waals surface area contributed by atoms with Gasteiger partial charge in [0, 0.05) is 16.9 Å². The van der Waals surface area contributed by atoms with Crippen molar-refractivity contribution in [3.8, 4) is 22.3 Å². The van der Waals surface area contributed by atoms with Crippen LogP contribution in [-0.4, -0.2) is 22.8 Å². The molecule has 1 saturated carbocycles. The van der Waals surface area contributed by atoms with Crippen LogP contribution in [-0.2, 0) is 20.4 Å². The number of imide groups is 1. The van der Waals surface area contributed by atoms with Crippen LogP contribution in [0.3, 0.4) is 0 Å². The first-order valence-electron chi connectivity index (χ1n) is 26.1. The second-order valence-electron chi connectivity index (χ2n) is 20.0. The van der Waals surface area contributed by atoms with Gasteiger partial charge in [-0.1, -0.05) is 222 Å². The zero-order valence-electron chi connectivity index (χ0n) is 39.6. The lowest BCUT2D eigenvalue weighted by molar-refractivity contribution is -0.139. The van der Waals surface area contributed by atoms with E-state index in [-0.39, 0.29) is 28.7 Å². The van der Waals surface area contributed by atoms with Gasteiger partial charge in [0.15, 0.2) is 0 Å². The third-order valence-corrected chi connectivity index (χ3v) is 16.0. The molecule has 0 aromatic heterocycles. The van der Waals surface area contributed by atoms with E-state index >= 15 is 9.59 Å². The number of benzene rings is 4. The fourth-order valence-electron chi connectivity index (χ4n) is 12.7. The summed E-state index contributed by atoms with van der Waals surface area (Å²) >= 11 is 0. The Morgan fingerprint density at radius 2 is 0.794 bits per heavy atom. The topological polar surface area (TPSA) is 37.4 Å². The van der Waals surface area contributed by atoms with Gasteiger partial charge in [-0.2, -0.15) is 0 Å². The van der Waals surface area contributed by atoms with Crippen LogP contribution in [0, 0.1) is 0 Å². The van der Waals surface area contributed by atoms with Gasteiger partial charge in [-0.25, -0.2) is 0 Å². The van der Waals surface area contributed by atoms with E-state index in [1.807, 2.05) is 0 Å². The summed E-state index contributed by atoms with van der Waals surface area (Å²) in [5, 5.41) is 0. The minimum absolute atomic E-state index is 0.0280. The molecule has 0 saturated heterocycles. The molecule has 8 rings (SSSR count). The van der Waals surface area contributed by atoms with Crippen LogP contribution in [0.15, 0.2) is 84.9 Å². The molecule has 0 unspecified atom stereocenters. The molecule has 3 nitrogen and oxygen atoms in total. The number of rotatable bonds is 23. The summed E-state index contributed by atoms with van der Waals surface area (Å²) in [6.45, 7) is 9.20. The highest BCUT2D eigenvalue weighted by molar-refractivity contribution is 6.49. The zero-order valence-corrected chi connectivity index (χ0v) is 39.6. The third kappa shape index (κ3) is 8.69. The van der Waals surface area contributed by atoms with Crippen molar-refractivity contribution in [1.29, 1.82) is 0 Å². The molecule has 4 aliphatic rings. The van der Waals surface area contributed by atoms with Crippen LogP contribution in [0.4, 0.5) is 0 Å². The second kappa shape index (κ2) is 20.7. The molecule has 63 heavy (non-hydrogen) atoms. The van der Waals surface area contributed by atoms with E-state index in [9.17, 15) is 0 Å². The lowest BCUT2D eigenvalue weighted by atomic mass is 9.70. The summed E-state index contributed by atoms with van der Waals surface area (Å²) in [5.74, 6) is -0.193. The first kappa shape index (κ1) is 45.3. The van der Waals surface area contributed by atoms with Crippen LogP contribution in [0.1, 0.15) is 222 Å². The molecular formula is C60H77NO2. The second-order valence-corrected chi connectivity index (χ2v) is 20.0. The molecule has 0 spiro atoms. The van der Waals surface area contributed by atoms with Gasteiger partial charge >= 0.3 is 0 Å². The molecule has 2 amide bonds. The van der Waals surface area contributed by atoms with Gasteiger partial charge in [-0.15, -0.1) is 0 Å². The summed E-state index contributed by atoms with van der Waals surface area (Å²) in [6, 6.07) is 32.1. The normalized spacial score (nSPS) is 17.4. The molecule has 0 radical (unpaired) electrons. The number of hydrogen-bond acceptors (Lipinski definition) is 2. The van der Waals surface area contributed by atoms with Crippen molar-refractivity contribution >= 4 is 23.0 Å². The average molecular weight is 844 g/mol. The summed E-state index contributed by atoms with van der Waals surface area (Å²) in [7, 11) is 0. The highest BCUT2D eigenvalue weighted by Gasteiger charge is 2.47. The largest absolute Gasteiger partial charge is 0.271 e. The Labute approximate surface area is 381 Å². The lowest BCUT2D eigenvalue weighted by Gasteiger charge is -2.33. The Hall–Kier alpha value is -4.24. The summed E-state index contributed by atoms with van der Waals surface area (Å²) in [5.41, 5.74) is 13.8. The van der Waals surface area contributed by atoms with Crippen LogP contribution in [0.2, 0.25) is 0 Å². The van der Waals surface area contributed by atoms with Crippen molar-refractivity contribution < 1.29 is 9.59 Å². The Balaban J connectivity index is 1.26. The molecule has 334 valence electrons. The zero-order chi connectivity index (χ0) is 43.8. The number of carbonyl (C=O) groups excluding carboxylic acids is 2. The number of nitrogens with zero attached hydrogens (tertiary/aromatic N) is 1. The predicted octanol–water partition coefficient (Wildman–Crippen LogP) is 16.7. The van der Waals surface area contributed by atoms with Crippen molar-refractivity contribution in [2.24, 2.45) is 0 Å². The van der Waals surface area contributed by atoms with E-state index in [1.54, 1.807) is 4.90 Å². The van der Waals surface area contributed by atoms with E-state index in [0.717, 1.165) is 62.5 Å². The number of amides is 2. The minimum atomic E-state index is -0.0966. The number of carbonyl (C=O) groups is 2. The SMILES string of the molecule is CCCCCCC1(CCCCCC)c2ccccc2-c2cc(C3=C(c4ccc5c(c4)-c4ccccc4C5(CCCCCC)CCCCCC)C(=O)N(C4CCCCC4)C3=O)ccc21. The van der Waals surface area contributed by atoms with E-state index in [2.05, 4.69) is 113 Å². The molecule has 1 fully saturated rings. The van der Waals surface area contributed by atoms with Crippen molar-refractivity contribution in [3.05, 3.63) is 118 Å². The molecule has 0 N–H and O–H groups in total. The standard InChI is InChI=1S/C60H77NO2/c1-5-9-13-24-38-59(39-25-14-10-6-2)51-32-22-20-30-47(51)49-42-44(34-36-53(49)59)55-56(58(63)61(57(55)62)46-28-18-17-19-29-46)45-35-37-54-50(43-45)48-31-21-23-33-52(48)60(54,40-26-15-11-7-3)41-27-16-12-8-4/h20-23,30-37,42-43,46H,5-19,24-29,38-41H2,1-4H3. The van der Waals surface area contributed by atoms with Crippen molar-refractivity contribution in [3.63, 3.8) is 0 Å². The van der Waals surface area contributed by atoms with Crippen molar-refractivity contribution in [2.75, 3.05) is 0 Å². The molecular weight excluding hydrogens is 767 g/mol. The maximum Gasteiger partial charge on any atom is 0.262 e. The number of hydrogen-bond donors (Lipinski definition) is 0. The molecule has 0 bridgehead atoms. The quantitative estimate of drug-likeness (QED) is 0.0551. The Morgan fingerprint density at radius 1 is 0.429 bits per heavy atom. The van der Waals surface area contributed by atoms with E-state index < -0.39 is 0 Å². The van der Waals surface area contributed by atoms with Crippen LogP contribution in [0.25, 0.3) is 33.4 Å². The van der Waals surface area contributed by atoms with Gasteiger partial charge in [-0.05, 0) is 106 Å². The van der Waals surface area contributed by atoms with Gasteiger partial charge in [0.25, 0.3) is 11.8 Å². The van der Waals surface area contributed by atoms with Gasteiger partial charge < -0.3 is 0 Å². The Kier molecular flexibility index (Phi) is 14.9. The lowest BCUT2D eigenvalue weighted by Crippen LogP contribution is -2.42. The van der Waals surface area contributed by atoms with E-state index in [1.165, 1.54) is 154 Å². The highest BCUT2D eigenvalue weighted by atomic mass is 16.2. The highest BCUT2D eigenvalue weighted by Crippen LogP contribution is 2.57. The van der Waals surface area contributed by atoms with Crippen LogP contribution in [0.5, 0.6) is 0 Å². The summed E-state index contributed by atoms with van der Waals surface area (Å²) in [4.78, 5) is 32.1. The molecule has 1 aliphatic heterocycles. The summed E-state index contributed by atoms with van der Waals surface area (Å²) in [6.07, 6.45) is 29.6. The van der Waals surface area contributed by atoms with Crippen LogP contribution < -0.4 is 0 Å². The molecule has 0 atom stereocenters. The van der Waals surface area contributed by atoms with E-state index in [4.69, 9.17) is 0 Å². The predicted molar refractivity (Wildman–Crippen MR) is 266 cm³/mol. The van der Waals surface area contributed by atoms with Crippen molar-refractivity contribution in [2.45, 2.75) is 205 Å². The smallest absolute Gasteiger partial charge is 0.262 e. The average Bonchev–Trinajstić information content (AvgIpc) is 3.86. The fraction of sp³-hybridized carbons (Fsp3) is 0.533. The monoisotopic (exact) mass is 844 g/mol.